The molecule has 100 valence electrons. The van der Waals surface area contributed by atoms with E-state index >= 15 is 0 Å². The van der Waals surface area contributed by atoms with Crippen molar-refractivity contribution in [1.82, 2.24) is 4.90 Å². The zero-order valence-electron chi connectivity index (χ0n) is 11.5. The van der Waals surface area contributed by atoms with Gasteiger partial charge in [-0.2, -0.15) is 0 Å². The van der Waals surface area contributed by atoms with Crippen LogP contribution in [0.3, 0.4) is 0 Å². The van der Waals surface area contributed by atoms with Crippen molar-refractivity contribution in [2.24, 2.45) is 16.1 Å². The van der Waals surface area contributed by atoms with Gasteiger partial charge in [0.05, 0.1) is 5.69 Å². The molecule has 0 aromatic heterocycles. The molecule has 2 N–H and O–H groups in total. The van der Waals surface area contributed by atoms with Gasteiger partial charge in [0.25, 0.3) is 0 Å². The molecule has 0 spiro atoms. The third kappa shape index (κ3) is 3.68. The zero-order chi connectivity index (χ0) is 13.7. The van der Waals surface area contributed by atoms with Gasteiger partial charge in [-0.05, 0) is 36.8 Å². The molecule has 19 heavy (non-hydrogen) atoms. The van der Waals surface area contributed by atoms with Gasteiger partial charge in [-0.1, -0.05) is 19.4 Å². The Balaban J connectivity index is 2.10. The molecular formula is C15H20N4. The second-order valence-electron chi connectivity index (χ2n) is 4.72. The van der Waals surface area contributed by atoms with Gasteiger partial charge >= 0.3 is 0 Å². The molecule has 4 nitrogen and oxygen atoms in total. The third-order valence-electron chi connectivity index (χ3n) is 3.06. The van der Waals surface area contributed by atoms with E-state index in [-0.39, 0.29) is 0 Å². The number of hydrogen-bond acceptors (Lipinski definition) is 4. The van der Waals surface area contributed by atoms with Crippen molar-refractivity contribution in [3.63, 3.8) is 0 Å². The smallest absolute Gasteiger partial charge is 0.151 e. The minimum atomic E-state index is 0.460. The highest BCUT2D eigenvalue weighted by Gasteiger charge is 2.11. The Morgan fingerprint density at radius 2 is 1.95 bits per heavy atom. The third-order valence-corrected chi connectivity index (χ3v) is 3.06. The van der Waals surface area contributed by atoms with Crippen LogP contribution in [0.5, 0.6) is 0 Å². The zero-order valence-corrected chi connectivity index (χ0v) is 11.5. The molecule has 1 aliphatic heterocycles. The molecule has 1 aliphatic rings. The lowest BCUT2D eigenvalue weighted by molar-refractivity contribution is 0.511. The average molecular weight is 256 g/mol. The minimum Gasteiger partial charge on any atom is -0.399 e. The first-order valence-corrected chi connectivity index (χ1v) is 6.59. The maximum Gasteiger partial charge on any atom is 0.151 e. The molecule has 1 aromatic carbocycles. The van der Waals surface area contributed by atoms with Gasteiger partial charge in [0.1, 0.15) is 0 Å². The molecule has 1 heterocycles. The van der Waals surface area contributed by atoms with Crippen molar-refractivity contribution in [2.45, 2.75) is 19.8 Å². The Morgan fingerprint density at radius 1 is 1.21 bits per heavy atom. The van der Waals surface area contributed by atoms with E-state index in [0.717, 1.165) is 30.0 Å². The monoisotopic (exact) mass is 256 g/mol. The van der Waals surface area contributed by atoms with Gasteiger partial charge in [0.15, 0.2) is 5.82 Å². The van der Waals surface area contributed by atoms with Crippen molar-refractivity contribution < 1.29 is 0 Å². The fourth-order valence-corrected chi connectivity index (χ4v) is 1.95. The first-order chi connectivity index (χ1) is 9.19. The van der Waals surface area contributed by atoms with E-state index in [1.165, 1.54) is 0 Å². The summed E-state index contributed by atoms with van der Waals surface area (Å²) < 4.78 is 0. The number of azo groups is 1. The molecule has 4 heteroatoms. The number of hydrogen-bond donors (Lipinski definition) is 1. The van der Waals surface area contributed by atoms with E-state index in [1.54, 1.807) is 0 Å². The van der Waals surface area contributed by atoms with Crippen LogP contribution < -0.4 is 5.73 Å². The van der Waals surface area contributed by atoms with E-state index in [1.807, 2.05) is 36.2 Å². The summed E-state index contributed by atoms with van der Waals surface area (Å²) in [5.74, 6) is 1.35. The summed E-state index contributed by atoms with van der Waals surface area (Å²) in [5.41, 5.74) is 7.18. The fourth-order valence-electron chi connectivity index (χ4n) is 1.95. The standard InChI is InChI=1S/C15H20N4/c1-3-4-12-9-10-19(2)15(11-12)18-17-14-7-5-13(16)6-8-14/h5-12H,3-4,16H2,1-2H3. The molecule has 0 saturated carbocycles. The molecule has 1 aromatic rings. The van der Waals surface area contributed by atoms with Crippen LogP contribution in [0.1, 0.15) is 19.8 Å². The van der Waals surface area contributed by atoms with Crippen molar-refractivity contribution in [3.05, 3.63) is 48.4 Å². The second kappa shape index (κ2) is 6.18. The number of nitrogens with zero attached hydrogens (tertiary/aromatic N) is 3. The Morgan fingerprint density at radius 3 is 2.63 bits per heavy atom. The summed E-state index contributed by atoms with van der Waals surface area (Å²) in [7, 11) is 1.98. The molecule has 1 atom stereocenters. The van der Waals surface area contributed by atoms with E-state index < -0.39 is 0 Å². The van der Waals surface area contributed by atoms with Gasteiger partial charge < -0.3 is 10.6 Å². The number of nitrogens with two attached hydrogens (primary N) is 1. The maximum atomic E-state index is 5.64. The van der Waals surface area contributed by atoms with E-state index in [2.05, 4.69) is 35.5 Å². The average Bonchev–Trinajstić information content (AvgIpc) is 2.41. The van der Waals surface area contributed by atoms with Crippen LogP contribution in [-0.2, 0) is 0 Å². The quantitative estimate of drug-likeness (QED) is 0.652. The summed E-state index contributed by atoms with van der Waals surface area (Å²) in [4.78, 5) is 1.98. The number of benzene rings is 1. The Bertz CT molecular complexity index is 499. The highest BCUT2D eigenvalue weighted by atomic mass is 15.3. The molecule has 0 fully saturated rings. The van der Waals surface area contributed by atoms with E-state index in [9.17, 15) is 0 Å². The minimum absolute atomic E-state index is 0.460. The van der Waals surface area contributed by atoms with Crippen LogP contribution in [-0.4, -0.2) is 11.9 Å². The van der Waals surface area contributed by atoms with E-state index in [0.29, 0.717) is 5.92 Å². The molecule has 0 amide bonds. The van der Waals surface area contributed by atoms with Gasteiger partial charge in [-0.3, -0.25) is 0 Å². The number of anilines is 1. The van der Waals surface area contributed by atoms with Crippen LogP contribution in [0.2, 0.25) is 0 Å². The van der Waals surface area contributed by atoms with Crippen molar-refractivity contribution in [2.75, 3.05) is 12.8 Å². The van der Waals surface area contributed by atoms with Crippen molar-refractivity contribution in [1.29, 1.82) is 0 Å². The summed E-state index contributed by atoms with van der Waals surface area (Å²) in [5, 5.41) is 8.56. The van der Waals surface area contributed by atoms with E-state index in [4.69, 9.17) is 5.73 Å². The lowest BCUT2D eigenvalue weighted by Crippen LogP contribution is -2.14. The summed E-state index contributed by atoms with van der Waals surface area (Å²) >= 11 is 0. The highest BCUT2D eigenvalue weighted by molar-refractivity contribution is 5.47. The molecule has 2 rings (SSSR count). The molecule has 0 radical (unpaired) electrons. The summed E-state index contributed by atoms with van der Waals surface area (Å²) in [6.45, 7) is 2.19. The molecule has 0 saturated heterocycles. The largest absolute Gasteiger partial charge is 0.399 e. The lowest BCUT2D eigenvalue weighted by atomic mass is 10.0. The Kier molecular flexibility index (Phi) is 4.34. The van der Waals surface area contributed by atoms with Crippen LogP contribution in [0, 0.1) is 5.92 Å². The summed E-state index contributed by atoms with van der Waals surface area (Å²) in [6.07, 6.45) is 8.72. The van der Waals surface area contributed by atoms with Crippen LogP contribution in [0.15, 0.2) is 58.7 Å². The van der Waals surface area contributed by atoms with Gasteiger partial charge in [-0.15, -0.1) is 10.2 Å². The van der Waals surface area contributed by atoms with Crippen LogP contribution in [0.25, 0.3) is 0 Å². The van der Waals surface area contributed by atoms with Crippen LogP contribution >= 0.6 is 0 Å². The lowest BCUT2D eigenvalue weighted by Gasteiger charge is -2.21. The molecule has 0 bridgehead atoms. The highest BCUT2D eigenvalue weighted by Crippen LogP contribution is 2.22. The fraction of sp³-hybridized carbons (Fsp3) is 0.333. The maximum absolute atomic E-state index is 5.64. The van der Waals surface area contributed by atoms with Crippen molar-refractivity contribution >= 4 is 11.4 Å². The normalized spacial score (nSPS) is 18.9. The van der Waals surface area contributed by atoms with Gasteiger partial charge in [0, 0.05) is 24.9 Å². The number of rotatable bonds is 4. The molecule has 0 aliphatic carbocycles. The van der Waals surface area contributed by atoms with Gasteiger partial charge in [-0.25, -0.2) is 0 Å². The predicted molar refractivity (Wildman–Crippen MR) is 78.8 cm³/mol. The SMILES string of the molecule is CCCC1C=CN(C)C(N=Nc2ccc(N)cc2)=C1. The first-order valence-electron chi connectivity index (χ1n) is 6.59. The molecule has 1 unspecified atom stereocenters. The second-order valence-corrected chi connectivity index (χ2v) is 4.72. The predicted octanol–water partition coefficient (Wildman–Crippen LogP) is 4.07. The number of nitrogen functional groups attached to an aromatic ring is 1. The van der Waals surface area contributed by atoms with Gasteiger partial charge in [0.2, 0.25) is 0 Å². The van der Waals surface area contributed by atoms with Crippen molar-refractivity contribution in [3.8, 4) is 0 Å². The number of allylic oxidation sites excluding steroid dienone is 2. The first kappa shape index (κ1) is 13.3. The topological polar surface area (TPSA) is 54.0 Å². The van der Waals surface area contributed by atoms with Crippen LogP contribution in [0.4, 0.5) is 11.4 Å². The summed E-state index contributed by atoms with van der Waals surface area (Å²) in [6, 6.07) is 7.38. The Labute approximate surface area is 114 Å². The molecular weight excluding hydrogens is 236 g/mol. The Hall–Kier alpha value is -2.10.